The van der Waals surface area contributed by atoms with Gasteiger partial charge in [-0.25, -0.2) is 0 Å². The summed E-state index contributed by atoms with van der Waals surface area (Å²) in [5.74, 6) is 0.779. The molecule has 0 bridgehead atoms. The van der Waals surface area contributed by atoms with Crippen molar-refractivity contribution in [2.24, 2.45) is 5.92 Å². The normalized spacial score (nSPS) is 25.8. The minimum absolute atomic E-state index is 0.427. The Morgan fingerprint density at radius 2 is 2.29 bits per heavy atom. The maximum atomic E-state index is 5.90. The number of alkyl halides is 1. The Labute approximate surface area is 89.7 Å². The molecule has 0 radical (unpaired) electrons. The number of halogens is 1. The first-order valence-electron chi connectivity index (χ1n) is 5.09. The van der Waals surface area contributed by atoms with Crippen LogP contribution in [0, 0.1) is 5.92 Å². The second kappa shape index (κ2) is 4.76. The number of hydrogen-bond donors (Lipinski definition) is 1. The Morgan fingerprint density at radius 3 is 2.93 bits per heavy atom. The fraction of sp³-hybridized carbons (Fsp3) is 0.545. The Kier molecular flexibility index (Phi) is 3.38. The zero-order valence-electron chi connectivity index (χ0n) is 8.12. The second-order valence-electron chi connectivity index (χ2n) is 3.89. The van der Waals surface area contributed by atoms with Crippen molar-refractivity contribution in [1.82, 2.24) is 10.3 Å². The molecule has 0 unspecified atom stereocenters. The van der Waals surface area contributed by atoms with Gasteiger partial charge in [0, 0.05) is 18.1 Å². The minimum Gasteiger partial charge on any atom is -0.311 e. The standard InChI is InChI=1S/C11H15ClN2/c12-10-5-9(6-10)7-13-8-11-3-1-2-4-14-11/h1-4,9-10,13H,5-8H2. The predicted molar refractivity (Wildman–Crippen MR) is 58.3 cm³/mol. The molecule has 1 aliphatic carbocycles. The molecule has 1 aliphatic rings. The number of nitrogens with zero attached hydrogens (tertiary/aromatic N) is 1. The van der Waals surface area contributed by atoms with Crippen molar-refractivity contribution in [3.05, 3.63) is 30.1 Å². The molecular weight excluding hydrogens is 196 g/mol. The first kappa shape index (κ1) is 9.94. The Bertz CT molecular complexity index is 270. The van der Waals surface area contributed by atoms with E-state index in [0.29, 0.717) is 5.38 Å². The van der Waals surface area contributed by atoms with Crippen LogP contribution in [0.1, 0.15) is 18.5 Å². The number of aromatic nitrogens is 1. The smallest absolute Gasteiger partial charge is 0.0541 e. The summed E-state index contributed by atoms with van der Waals surface area (Å²) in [6, 6.07) is 5.99. The molecule has 1 aromatic heterocycles. The lowest BCUT2D eigenvalue weighted by atomic mass is 9.85. The van der Waals surface area contributed by atoms with E-state index < -0.39 is 0 Å². The van der Waals surface area contributed by atoms with Gasteiger partial charge < -0.3 is 5.32 Å². The van der Waals surface area contributed by atoms with Crippen LogP contribution in [0.4, 0.5) is 0 Å². The third-order valence-electron chi connectivity index (χ3n) is 2.64. The molecule has 0 spiro atoms. The summed E-state index contributed by atoms with van der Waals surface area (Å²) in [4.78, 5) is 4.25. The van der Waals surface area contributed by atoms with Gasteiger partial charge in [0.05, 0.1) is 5.69 Å². The summed E-state index contributed by atoms with van der Waals surface area (Å²) in [6.07, 6.45) is 4.16. The van der Waals surface area contributed by atoms with Crippen LogP contribution in [0.25, 0.3) is 0 Å². The van der Waals surface area contributed by atoms with Gasteiger partial charge in [0.1, 0.15) is 0 Å². The van der Waals surface area contributed by atoms with E-state index in [1.807, 2.05) is 24.4 Å². The molecular formula is C11H15ClN2. The predicted octanol–water partition coefficient (Wildman–Crippen LogP) is 2.19. The van der Waals surface area contributed by atoms with E-state index in [4.69, 9.17) is 11.6 Å². The molecule has 2 nitrogen and oxygen atoms in total. The van der Waals surface area contributed by atoms with Crippen molar-refractivity contribution in [2.75, 3.05) is 6.54 Å². The van der Waals surface area contributed by atoms with Crippen LogP contribution in [-0.2, 0) is 6.54 Å². The highest BCUT2D eigenvalue weighted by molar-refractivity contribution is 6.21. The third-order valence-corrected chi connectivity index (χ3v) is 3.00. The van der Waals surface area contributed by atoms with Crippen molar-refractivity contribution in [3.63, 3.8) is 0 Å². The average molecular weight is 211 g/mol. The number of hydrogen-bond acceptors (Lipinski definition) is 2. The van der Waals surface area contributed by atoms with Crippen molar-refractivity contribution >= 4 is 11.6 Å². The Hall–Kier alpha value is -0.600. The molecule has 14 heavy (non-hydrogen) atoms. The van der Waals surface area contributed by atoms with Crippen LogP contribution in [0.3, 0.4) is 0 Å². The van der Waals surface area contributed by atoms with E-state index in [2.05, 4.69) is 10.3 Å². The largest absolute Gasteiger partial charge is 0.311 e. The summed E-state index contributed by atoms with van der Waals surface area (Å²) in [7, 11) is 0. The van der Waals surface area contributed by atoms with Crippen molar-refractivity contribution in [3.8, 4) is 0 Å². The zero-order chi connectivity index (χ0) is 9.80. The molecule has 0 atom stereocenters. The van der Waals surface area contributed by atoms with E-state index in [1.165, 1.54) is 0 Å². The summed E-state index contributed by atoms with van der Waals surface area (Å²) in [5.41, 5.74) is 1.11. The summed E-state index contributed by atoms with van der Waals surface area (Å²) in [5, 5.41) is 3.83. The van der Waals surface area contributed by atoms with Gasteiger partial charge in [-0.1, -0.05) is 6.07 Å². The summed E-state index contributed by atoms with van der Waals surface area (Å²) < 4.78 is 0. The molecule has 0 amide bonds. The van der Waals surface area contributed by atoms with Crippen LogP contribution >= 0.6 is 11.6 Å². The molecule has 76 valence electrons. The SMILES string of the molecule is ClC1CC(CNCc2ccccn2)C1. The molecule has 0 aromatic carbocycles. The van der Waals surface area contributed by atoms with Crippen molar-refractivity contribution < 1.29 is 0 Å². The highest BCUT2D eigenvalue weighted by atomic mass is 35.5. The molecule has 1 saturated carbocycles. The lowest BCUT2D eigenvalue weighted by Crippen LogP contribution is -2.33. The van der Waals surface area contributed by atoms with Gasteiger partial charge in [-0.3, -0.25) is 4.98 Å². The Morgan fingerprint density at radius 1 is 1.43 bits per heavy atom. The second-order valence-corrected chi connectivity index (χ2v) is 4.50. The van der Waals surface area contributed by atoms with Gasteiger partial charge in [0.15, 0.2) is 0 Å². The maximum Gasteiger partial charge on any atom is 0.0541 e. The van der Waals surface area contributed by atoms with Gasteiger partial charge in [-0.15, -0.1) is 11.6 Å². The van der Waals surface area contributed by atoms with Crippen molar-refractivity contribution in [2.45, 2.75) is 24.8 Å². The van der Waals surface area contributed by atoms with Crippen molar-refractivity contribution in [1.29, 1.82) is 0 Å². The highest BCUT2D eigenvalue weighted by Crippen LogP contribution is 2.31. The van der Waals surface area contributed by atoms with Crippen LogP contribution < -0.4 is 5.32 Å². The molecule has 1 aromatic rings. The molecule has 1 N–H and O–H groups in total. The quantitative estimate of drug-likeness (QED) is 0.771. The lowest BCUT2D eigenvalue weighted by molar-refractivity contribution is 0.308. The van der Waals surface area contributed by atoms with Gasteiger partial charge in [-0.2, -0.15) is 0 Å². The fourth-order valence-electron chi connectivity index (χ4n) is 1.73. The van der Waals surface area contributed by atoms with Gasteiger partial charge in [0.25, 0.3) is 0 Å². The van der Waals surface area contributed by atoms with Crippen LogP contribution in [0.5, 0.6) is 0 Å². The van der Waals surface area contributed by atoms with E-state index >= 15 is 0 Å². The van der Waals surface area contributed by atoms with E-state index in [1.54, 1.807) is 0 Å². The molecule has 3 heteroatoms. The van der Waals surface area contributed by atoms with Crippen LogP contribution in [0.15, 0.2) is 24.4 Å². The molecule has 1 fully saturated rings. The van der Waals surface area contributed by atoms with Gasteiger partial charge >= 0.3 is 0 Å². The first-order chi connectivity index (χ1) is 6.84. The monoisotopic (exact) mass is 210 g/mol. The average Bonchev–Trinajstić information content (AvgIpc) is 2.17. The maximum absolute atomic E-state index is 5.90. The lowest BCUT2D eigenvalue weighted by Gasteiger charge is -2.30. The first-order valence-corrected chi connectivity index (χ1v) is 5.53. The number of nitrogens with one attached hydrogen (secondary N) is 1. The van der Waals surface area contributed by atoms with Crippen LogP contribution in [0.2, 0.25) is 0 Å². The van der Waals surface area contributed by atoms with E-state index in [9.17, 15) is 0 Å². The fourth-order valence-corrected chi connectivity index (χ4v) is 2.23. The molecule has 2 rings (SSSR count). The number of pyridine rings is 1. The topological polar surface area (TPSA) is 24.9 Å². The number of rotatable bonds is 4. The molecule has 1 heterocycles. The van der Waals surface area contributed by atoms with Gasteiger partial charge in [-0.05, 0) is 37.4 Å². The van der Waals surface area contributed by atoms with Crippen LogP contribution in [-0.4, -0.2) is 16.9 Å². The Balaban J connectivity index is 1.64. The molecule has 0 aliphatic heterocycles. The van der Waals surface area contributed by atoms with E-state index in [0.717, 1.165) is 37.5 Å². The molecule has 0 saturated heterocycles. The minimum atomic E-state index is 0.427. The highest BCUT2D eigenvalue weighted by Gasteiger charge is 2.26. The van der Waals surface area contributed by atoms with Gasteiger partial charge in [0.2, 0.25) is 0 Å². The van der Waals surface area contributed by atoms with E-state index in [-0.39, 0.29) is 0 Å². The zero-order valence-corrected chi connectivity index (χ0v) is 8.87. The summed E-state index contributed by atoms with van der Waals surface area (Å²) in [6.45, 7) is 1.93. The summed E-state index contributed by atoms with van der Waals surface area (Å²) >= 11 is 5.90. The third kappa shape index (κ3) is 2.69.